The number of carbonyl (C=O) groups excluding carboxylic acids is 1. The summed E-state index contributed by atoms with van der Waals surface area (Å²) >= 11 is 0. The molecule has 2 rings (SSSR count). The van der Waals surface area contributed by atoms with Gasteiger partial charge < -0.3 is 4.40 Å². The molecule has 0 saturated carbocycles. The number of hydrogen-bond acceptors (Lipinski definition) is 2. The summed E-state index contributed by atoms with van der Waals surface area (Å²) in [5.41, 5.74) is 2.55. The van der Waals surface area contributed by atoms with Crippen molar-refractivity contribution in [2.45, 2.75) is 13.8 Å². The maximum absolute atomic E-state index is 11.1. The van der Waals surface area contributed by atoms with Gasteiger partial charge in [-0.05, 0) is 26.0 Å². The molecule has 0 amide bonds. The Labute approximate surface area is 76.0 Å². The molecule has 13 heavy (non-hydrogen) atoms. The first-order chi connectivity index (χ1) is 6.16. The monoisotopic (exact) mass is 174 g/mol. The van der Waals surface area contributed by atoms with Crippen LogP contribution in [0.5, 0.6) is 0 Å². The maximum Gasteiger partial charge on any atom is 0.161 e. The van der Waals surface area contributed by atoms with Crippen LogP contribution in [0.1, 0.15) is 23.0 Å². The van der Waals surface area contributed by atoms with Crippen LogP contribution in [0.25, 0.3) is 5.65 Å². The second-order valence-corrected chi connectivity index (χ2v) is 3.12. The van der Waals surface area contributed by atoms with Gasteiger partial charge in [-0.3, -0.25) is 4.79 Å². The lowest BCUT2D eigenvalue weighted by Gasteiger charge is -1.96. The van der Waals surface area contributed by atoms with Gasteiger partial charge in [-0.2, -0.15) is 0 Å². The van der Waals surface area contributed by atoms with Crippen LogP contribution in [0.3, 0.4) is 0 Å². The molecule has 2 aromatic rings. The highest BCUT2D eigenvalue weighted by Gasteiger charge is 2.01. The van der Waals surface area contributed by atoms with E-state index in [9.17, 15) is 4.79 Å². The number of ketones is 1. The highest BCUT2D eigenvalue weighted by Crippen LogP contribution is 2.07. The van der Waals surface area contributed by atoms with Crippen molar-refractivity contribution >= 4 is 11.4 Å². The van der Waals surface area contributed by atoms with Crippen molar-refractivity contribution in [1.29, 1.82) is 0 Å². The van der Waals surface area contributed by atoms with E-state index in [1.54, 1.807) is 19.2 Å². The summed E-state index contributed by atoms with van der Waals surface area (Å²) in [6, 6.07) is 3.65. The molecule has 0 saturated heterocycles. The first kappa shape index (κ1) is 7.98. The van der Waals surface area contributed by atoms with Gasteiger partial charge in [0, 0.05) is 18.0 Å². The minimum atomic E-state index is 0.0771. The second-order valence-electron chi connectivity index (χ2n) is 3.12. The molecule has 3 nitrogen and oxygen atoms in total. The molecule has 2 heterocycles. The molecule has 0 aliphatic carbocycles. The summed E-state index contributed by atoms with van der Waals surface area (Å²) < 4.78 is 1.87. The molecule has 0 fully saturated rings. The number of fused-ring (bicyclic) bond motifs is 1. The Hall–Kier alpha value is -1.64. The van der Waals surface area contributed by atoms with E-state index in [4.69, 9.17) is 0 Å². The molecule has 3 heteroatoms. The molecule has 0 aliphatic heterocycles. The zero-order valence-electron chi connectivity index (χ0n) is 7.61. The van der Waals surface area contributed by atoms with Crippen molar-refractivity contribution < 1.29 is 4.79 Å². The van der Waals surface area contributed by atoms with E-state index >= 15 is 0 Å². The molecule has 0 aliphatic rings. The summed E-state index contributed by atoms with van der Waals surface area (Å²) in [4.78, 5) is 15.3. The molecule has 0 spiro atoms. The zero-order chi connectivity index (χ0) is 9.42. The quantitative estimate of drug-likeness (QED) is 0.618. The largest absolute Gasteiger partial charge is 0.306 e. The van der Waals surface area contributed by atoms with E-state index in [2.05, 4.69) is 4.98 Å². The molecule has 0 bridgehead atoms. The Morgan fingerprint density at radius 3 is 2.85 bits per heavy atom. The zero-order valence-corrected chi connectivity index (χ0v) is 7.61. The third-order valence-corrected chi connectivity index (χ3v) is 1.98. The van der Waals surface area contributed by atoms with Crippen molar-refractivity contribution in [1.82, 2.24) is 9.38 Å². The Bertz CT molecular complexity index is 471. The summed E-state index contributed by atoms with van der Waals surface area (Å²) in [6.45, 7) is 3.49. The van der Waals surface area contributed by atoms with E-state index in [0.29, 0.717) is 5.56 Å². The maximum atomic E-state index is 11.1. The van der Waals surface area contributed by atoms with Gasteiger partial charge in [0.2, 0.25) is 0 Å². The number of carbonyl (C=O) groups is 1. The van der Waals surface area contributed by atoms with Gasteiger partial charge >= 0.3 is 0 Å². The van der Waals surface area contributed by atoms with Crippen LogP contribution < -0.4 is 0 Å². The average molecular weight is 174 g/mol. The number of imidazole rings is 1. The minimum absolute atomic E-state index is 0.0771. The minimum Gasteiger partial charge on any atom is -0.306 e. The van der Waals surface area contributed by atoms with Gasteiger partial charge in [0.1, 0.15) is 5.65 Å². The Morgan fingerprint density at radius 2 is 2.15 bits per heavy atom. The first-order valence-electron chi connectivity index (χ1n) is 4.13. The van der Waals surface area contributed by atoms with Crippen LogP contribution in [0.4, 0.5) is 0 Å². The lowest BCUT2D eigenvalue weighted by atomic mass is 10.2. The van der Waals surface area contributed by atoms with Gasteiger partial charge in [0.25, 0.3) is 0 Å². The highest BCUT2D eigenvalue weighted by atomic mass is 16.1. The summed E-state index contributed by atoms with van der Waals surface area (Å²) in [5, 5.41) is 0. The topological polar surface area (TPSA) is 34.4 Å². The Kier molecular flexibility index (Phi) is 1.65. The third-order valence-electron chi connectivity index (χ3n) is 1.98. The van der Waals surface area contributed by atoms with Crippen LogP contribution >= 0.6 is 0 Å². The highest BCUT2D eigenvalue weighted by molar-refractivity contribution is 5.94. The van der Waals surface area contributed by atoms with Crippen molar-refractivity contribution in [2.24, 2.45) is 0 Å². The number of aryl methyl sites for hydroxylation is 1. The third kappa shape index (κ3) is 1.33. The smallest absolute Gasteiger partial charge is 0.161 e. The van der Waals surface area contributed by atoms with E-state index in [1.807, 2.05) is 23.6 Å². The molecule has 0 aromatic carbocycles. The number of aromatic nitrogens is 2. The van der Waals surface area contributed by atoms with E-state index in [-0.39, 0.29) is 5.78 Å². The number of hydrogen-bond donors (Lipinski definition) is 0. The van der Waals surface area contributed by atoms with Crippen LogP contribution in [0.2, 0.25) is 0 Å². The molecule has 0 unspecified atom stereocenters. The predicted octanol–water partition coefficient (Wildman–Crippen LogP) is 1.85. The van der Waals surface area contributed by atoms with Crippen molar-refractivity contribution in [3.05, 3.63) is 35.8 Å². The van der Waals surface area contributed by atoms with E-state index in [1.165, 1.54) is 0 Å². The predicted molar refractivity (Wildman–Crippen MR) is 49.9 cm³/mol. The van der Waals surface area contributed by atoms with Crippen molar-refractivity contribution in [3.63, 3.8) is 0 Å². The van der Waals surface area contributed by atoms with Gasteiger partial charge in [0.05, 0.1) is 5.69 Å². The van der Waals surface area contributed by atoms with Crippen molar-refractivity contribution in [3.8, 4) is 0 Å². The molecule has 0 radical (unpaired) electrons. The number of nitrogens with zero attached hydrogens (tertiary/aromatic N) is 2. The fraction of sp³-hybridized carbons (Fsp3) is 0.200. The fourth-order valence-electron chi connectivity index (χ4n) is 1.33. The molecule has 66 valence electrons. The van der Waals surface area contributed by atoms with E-state index in [0.717, 1.165) is 11.3 Å². The van der Waals surface area contributed by atoms with Crippen LogP contribution in [-0.4, -0.2) is 15.2 Å². The Morgan fingerprint density at radius 1 is 1.38 bits per heavy atom. The SMILES string of the molecule is CC(=O)c1ccc2nc(C)cn2c1. The van der Waals surface area contributed by atoms with E-state index < -0.39 is 0 Å². The fourth-order valence-corrected chi connectivity index (χ4v) is 1.33. The van der Waals surface area contributed by atoms with Crippen LogP contribution in [-0.2, 0) is 0 Å². The molecule has 0 atom stereocenters. The Balaban J connectivity index is 2.67. The van der Waals surface area contributed by atoms with Gasteiger partial charge in [0.15, 0.2) is 5.78 Å². The molecular formula is C10H10N2O. The molecular weight excluding hydrogens is 164 g/mol. The standard InChI is InChI=1S/C10H10N2O/c1-7-5-12-6-9(8(2)13)3-4-10(12)11-7/h3-6H,1-2H3. The molecule has 0 N–H and O–H groups in total. The van der Waals surface area contributed by atoms with Gasteiger partial charge in [-0.25, -0.2) is 4.98 Å². The van der Waals surface area contributed by atoms with Crippen LogP contribution in [0.15, 0.2) is 24.5 Å². The summed E-state index contributed by atoms with van der Waals surface area (Å²) in [5.74, 6) is 0.0771. The second kappa shape index (κ2) is 2.69. The van der Waals surface area contributed by atoms with Gasteiger partial charge in [-0.15, -0.1) is 0 Å². The molecule has 2 aromatic heterocycles. The van der Waals surface area contributed by atoms with Gasteiger partial charge in [-0.1, -0.05) is 0 Å². The first-order valence-corrected chi connectivity index (χ1v) is 4.13. The normalized spacial score (nSPS) is 10.6. The van der Waals surface area contributed by atoms with Crippen LogP contribution in [0, 0.1) is 6.92 Å². The summed E-state index contributed by atoms with van der Waals surface area (Å²) in [6.07, 6.45) is 3.71. The average Bonchev–Trinajstić information content (AvgIpc) is 2.42. The number of Topliss-reactive ketones (excluding diaryl/α,β-unsaturated/α-hetero) is 1. The lowest BCUT2D eigenvalue weighted by Crippen LogP contribution is -1.94. The van der Waals surface area contributed by atoms with Crippen molar-refractivity contribution in [2.75, 3.05) is 0 Å². The number of rotatable bonds is 1. The summed E-state index contributed by atoms with van der Waals surface area (Å²) in [7, 11) is 0. The lowest BCUT2D eigenvalue weighted by molar-refractivity contribution is 0.101. The number of pyridine rings is 1.